The van der Waals surface area contributed by atoms with Crippen molar-refractivity contribution >= 4 is 35.2 Å². The number of fused-ring (bicyclic) bond motifs is 1. The molecule has 8 heteroatoms. The third-order valence-electron chi connectivity index (χ3n) is 5.98. The Hall–Kier alpha value is -2.87. The summed E-state index contributed by atoms with van der Waals surface area (Å²) >= 11 is 1.48. The summed E-state index contributed by atoms with van der Waals surface area (Å²) in [5.41, 5.74) is 4.46. The fourth-order valence-electron chi connectivity index (χ4n) is 4.61. The molecule has 2 atom stereocenters. The number of amides is 2. The van der Waals surface area contributed by atoms with E-state index in [9.17, 15) is 18.8 Å². The molecular weight excluding hydrogens is 431 g/mol. The highest BCUT2D eigenvalue weighted by molar-refractivity contribution is 8.00. The largest absolute Gasteiger partial charge is 0.454 e. The van der Waals surface area contributed by atoms with Crippen molar-refractivity contribution in [3.8, 4) is 0 Å². The summed E-state index contributed by atoms with van der Waals surface area (Å²) in [7, 11) is 0. The summed E-state index contributed by atoms with van der Waals surface area (Å²) in [6.45, 7) is 5.37. The molecule has 0 bridgehead atoms. The molecule has 2 aliphatic heterocycles. The number of hydrogen-bond acceptors (Lipinski definition) is 5. The lowest BCUT2D eigenvalue weighted by Gasteiger charge is -2.33. The number of esters is 1. The lowest BCUT2D eigenvalue weighted by molar-refractivity contribution is -0.155. The monoisotopic (exact) mass is 456 g/mol. The number of carbonyl (C=O) groups is 3. The molecule has 2 aliphatic rings. The minimum absolute atomic E-state index is 0.142. The van der Waals surface area contributed by atoms with Crippen LogP contribution < -0.4 is 5.32 Å². The fraction of sp³-hybridized carbons (Fsp3) is 0.375. The maximum atomic E-state index is 13.4. The van der Waals surface area contributed by atoms with E-state index in [0.29, 0.717) is 24.3 Å². The van der Waals surface area contributed by atoms with Gasteiger partial charge in [-0.2, -0.15) is 0 Å². The zero-order valence-corrected chi connectivity index (χ0v) is 19.1. The molecule has 2 amide bonds. The number of anilines is 1. The van der Waals surface area contributed by atoms with Crippen molar-refractivity contribution in [2.75, 3.05) is 17.7 Å². The predicted molar refractivity (Wildman–Crippen MR) is 121 cm³/mol. The Labute approximate surface area is 190 Å². The van der Waals surface area contributed by atoms with Crippen molar-refractivity contribution in [1.82, 2.24) is 4.90 Å². The number of thioether (sulfide) groups is 1. The summed E-state index contributed by atoms with van der Waals surface area (Å²) < 4.78 is 18.7. The zero-order valence-electron chi connectivity index (χ0n) is 18.2. The molecule has 0 unspecified atom stereocenters. The van der Waals surface area contributed by atoms with Gasteiger partial charge in [-0.15, -0.1) is 11.8 Å². The van der Waals surface area contributed by atoms with Crippen LogP contribution in [0, 0.1) is 26.6 Å². The molecule has 32 heavy (non-hydrogen) atoms. The van der Waals surface area contributed by atoms with Crippen LogP contribution in [0.1, 0.15) is 35.1 Å². The van der Waals surface area contributed by atoms with Crippen LogP contribution in [-0.4, -0.2) is 41.1 Å². The Bertz CT molecular complexity index is 1060. The summed E-state index contributed by atoms with van der Waals surface area (Å²) in [6, 6.07) is 9.18. The molecule has 2 fully saturated rings. The molecule has 0 saturated carbocycles. The summed E-state index contributed by atoms with van der Waals surface area (Å²) in [5, 5.41) is 2.81. The molecule has 1 N–H and O–H groups in total. The van der Waals surface area contributed by atoms with Crippen LogP contribution in [-0.2, 0) is 24.0 Å². The van der Waals surface area contributed by atoms with Crippen molar-refractivity contribution in [3.05, 3.63) is 64.5 Å². The zero-order chi connectivity index (χ0) is 23.0. The molecule has 0 aliphatic carbocycles. The van der Waals surface area contributed by atoms with Gasteiger partial charge in [-0.25, -0.2) is 9.18 Å². The number of carbonyl (C=O) groups excluding carboxylic acids is 3. The quantitative estimate of drug-likeness (QED) is 0.693. The maximum Gasteiger partial charge on any atom is 0.330 e. The first-order chi connectivity index (χ1) is 15.2. The molecule has 2 saturated heterocycles. The lowest BCUT2D eigenvalue weighted by atomic mass is 10.0. The van der Waals surface area contributed by atoms with Gasteiger partial charge in [0, 0.05) is 17.9 Å². The number of halogens is 1. The van der Waals surface area contributed by atoms with Gasteiger partial charge >= 0.3 is 5.97 Å². The Kier molecular flexibility index (Phi) is 5.99. The molecule has 0 spiro atoms. The molecule has 168 valence electrons. The number of hydrogen-bond donors (Lipinski definition) is 1. The van der Waals surface area contributed by atoms with Crippen molar-refractivity contribution in [1.29, 1.82) is 0 Å². The molecular formula is C24H25FN2O4S. The first kappa shape index (κ1) is 22.3. The van der Waals surface area contributed by atoms with Gasteiger partial charge in [0.05, 0.1) is 0 Å². The number of aryl methyl sites for hydroxylation is 3. The smallest absolute Gasteiger partial charge is 0.330 e. The Morgan fingerprint density at radius 2 is 1.84 bits per heavy atom. The van der Waals surface area contributed by atoms with E-state index < -0.39 is 29.4 Å². The molecule has 0 radical (unpaired) electrons. The number of nitrogens with one attached hydrogen (secondary N) is 1. The van der Waals surface area contributed by atoms with E-state index in [2.05, 4.69) is 5.32 Å². The first-order valence-electron chi connectivity index (χ1n) is 10.5. The van der Waals surface area contributed by atoms with Crippen molar-refractivity contribution in [3.63, 3.8) is 0 Å². The lowest BCUT2D eigenvalue weighted by Crippen LogP contribution is -2.47. The van der Waals surface area contributed by atoms with Gasteiger partial charge in [0.2, 0.25) is 5.91 Å². The highest BCUT2D eigenvalue weighted by Crippen LogP contribution is 2.54. The summed E-state index contributed by atoms with van der Waals surface area (Å²) in [6.07, 6.45) is 0.846. The third kappa shape index (κ3) is 3.99. The van der Waals surface area contributed by atoms with Gasteiger partial charge in [-0.3, -0.25) is 9.59 Å². The SMILES string of the molecule is Cc1cc(C)c(NC(=O)COC(=O)[C@@H]2CS[C@@]3(c4ccc(F)cc4)CCC(=O)N23)c(C)c1. The van der Waals surface area contributed by atoms with E-state index in [1.165, 1.54) is 23.9 Å². The highest BCUT2D eigenvalue weighted by Gasteiger charge is 2.57. The standard InChI is InChI=1S/C24H25FN2O4S/c1-14-10-15(2)22(16(3)11-14)26-20(28)12-31-23(30)19-13-32-24(9-8-21(29)27(19)24)17-4-6-18(25)7-5-17/h4-7,10-11,19H,8-9,12-13H2,1-3H3,(H,26,28)/t19-,24+/m0/s1. The second-order valence-corrected chi connectivity index (χ2v) is 9.61. The van der Waals surface area contributed by atoms with Crippen LogP contribution in [0.5, 0.6) is 0 Å². The van der Waals surface area contributed by atoms with Gasteiger partial charge < -0.3 is 15.0 Å². The van der Waals surface area contributed by atoms with Crippen molar-refractivity contribution in [2.24, 2.45) is 0 Å². The minimum atomic E-state index is -0.782. The van der Waals surface area contributed by atoms with Crippen LogP contribution in [0.25, 0.3) is 0 Å². The first-order valence-corrected chi connectivity index (χ1v) is 11.5. The minimum Gasteiger partial charge on any atom is -0.454 e. The van der Waals surface area contributed by atoms with E-state index in [0.717, 1.165) is 22.3 Å². The van der Waals surface area contributed by atoms with Crippen LogP contribution >= 0.6 is 11.8 Å². The van der Waals surface area contributed by atoms with Crippen molar-refractivity contribution < 1.29 is 23.5 Å². The Morgan fingerprint density at radius 1 is 1.19 bits per heavy atom. The highest BCUT2D eigenvalue weighted by atomic mass is 32.2. The van der Waals surface area contributed by atoms with Gasteiger partial charge in [-0.1, -0.05) is 29.8 Å². The van der Waals surface area contributed by atoms with E-state index in [1.807, 2.05) is 32.9 Å². The molecule has 2 heterocycles. The molecule has 4 rings (SSSR count). The maximum absolute atomic E-state index is 13.4. The number of ether oxygens (including phenoxy) is 1. The fourth-order valence-corrected chi connectivity index (χ4v) is 6.25. The van der Waals surface area contributed by atoms with Gasteiger partial charge in [-0.05, 0) is 56.0 Å². The van der Waals surface area contributed by atoms with Crippen LogP contribution in [0.4, 0.5) is 10.1 Å². The molecule has 2 aromatic rings. The van der Waals surface area contributed by atoms with Gasteiger partial charge in [0.25, 0.3) is 5.91 Å². The predicted octanol–water partition coefficient (Wildman–Crippen LogP) is 3.82. The Balaban J connectivity index is 1.43. The number of nitrogens with zero attached hydrogens (tertiary/aromatic N) is 1. The topological polar surface area (TPSA) is 75.7 Å². The third-order valence-corrected chi connectivity index (χ3v) is 7.58. The van der Waals surface area contributed by atoms with Crippen LogP contribution in [0.15, 0.2) is 36.4 Å². The molecule has 6 nitrogen and oxygen atoms in total. The second-order valence-electron chi connectivity index (χ2n) is 8.31. The van der Waals surface area contributed by atoms with Crippen molar-refractivity contribution in [2.45, 2.75) is 44.5 Å². The van der Waals surface area contributed by atoms with E-state index >= 15 is 0 Å². The molecule has 0 aromatic heterocycles. The summed E-state index contributed by atoms with van der Waals surface area (Å²) in [5.74, 6) is -1.18. The van der Waals surface area contributed by atoms with Gasteiger partial charge in [0.1, 0.15) is 16.7 Å². The van der Waals surface area contributed by atoms with E-state index in [-0.39, 0.29) is 11.7 Å². The van der Waals surface area contributed by atoms with E-state index in [1.54, 1.807) is 17.0 Å². The molecule has 2 aromatic carbocycles. The van der Waals surface area contributed by atoms with Crippen LogP contribution in [0.3, 0.4) is 0 Å². The number of rotatable bonds is 5. The average Bonchev–Trinajstić information content (AvgIpc) is 3.28. The normalized spacial score (nSPS) is 22.1. The average molecular weight is 457 g/mol. The Morgan fingerprint density at radius 3 is 2.50 bits per heavy atom. The number of benzene rings is 2. The van der Waals surface area contributed by atoms with E-state index in [4.69, 9.17) is 4.74 Å². The van der Waals surface area contributed by atoms with Gasteiger partial charge in [0.15, 0.2) is 6.61 Å². The van der Waals surface area contributed by atoms with Crippen LogP contribution in [0.2, 0.25) is 0 Å². The second kappa shape index (κ2) is 8.58. The summed E-state index contributed by atoms with van der Waals surface area (Å²) in [4.78, 5) is 38.7.